The normalized spacial score (nSPS) is 22.6. The van der Waals surface area contributed by atoms with Crippen LogP contribution in [0.5, 0.6) is 0 Å². The van der Waals surface area contributed by atoms with Crippen molar-refractivity contribution in [2.45, 2.75) is 142 Å². The van der Waals surface area contributed by atoms with Crippen molar-refractivity contribution in [1.29, 1.82) is 0 Å². The Hall–Kier alpha value is -2.76. The summed E-state index contributed by atoms with van der Waals surface area (Å²) in [6, 6.07) is 20.2. The second-order valence-corrected chi connectivity index (χ2v) is 19.3. The molecule has 0 aliphatic carbocycles. The first-order valence-corrected chi connectivity index (χ1v) is 19.6. The molecular formula is C39H60O9Si. The van der Waals surface area contributed by atoms with Crippen LogP contribution in [0.3, 0.4) is 0 Å². The van der Waals surface area contributed by atoms with Gasteiger partial charge in [0.1, 0.15) is 17.8 Å². The van der Waals surface area contributed by atoms with E-state index in [-0.39, 0.29) is 18.5 Å². The third-order valence-electron chi connectivity index (χ3n) is 8.55. The van der Waals surface area contributed by atoms with Gasteiger partial charge in [-0.25, -0.2) is 4.79 Å². The lowest BCUT2D eigenvalue weighted by Crippen LogP contribution is -2.68. The van der Waals surface area contributed by atoms with E-state index in [4.69, 9.17) is 29.5 Å². The molecule has 1 heterocycles. The minimum atomic E-state index is -3.07. The van der Waals surface area contributed by atoms with Gasteiger partial charge in [-0.15, -0.1) is 0 Å². The molecule has 3 rings (SSSR count). The zero-order chi connectivity index (χ0) is 37.0. The van der Waals surface area contributed by atoms with Crippen molar-refractivity contribution in [3.8, 4) is 0 Å². The van der Waals surface area contributed by atoms with Crippen LogP contribution in [0.15, 0.2) is 60.7 Å². The lowest BCUT2D eigenvalue weighted by atomic mass is 9.98. The van der Waals surface area contributed by atoms with Gasteiger partial charge in [0.25, 0.3) is 8.32 Å². The topological polar surface area (TPSA) is 110 Å². The van der Waals surface area contributed by atoms with Crippen molar-refractivity contribution in [2.24, 2.45) is 5.92 Å². The quantitative estimate of drug-likeness (QED) is 0.113. The highest BCUT2D eigenvalue weighted by Gasteiger charge is 2.54. The Morgan fingerprint density at radius 3 is 1.98 bits per heavy atom. The molecule has 2 unspecified atom stereocenters. The summed E-state index contributed by atoms with van der Waals surface area (Å²) in [6.07, 6.45) is -1.14. The highest BCUT2D eigenvalue weighted by molar-refractivity contribution is 6.99. The Kier molecular flexibility index (Phi) is 14.7. The average Bonchev–Trinajstić information content (AvgIpc) is 3.06. The maximum Gasteiger partial charge on any atom is 0.509 e. The second-order valence-electron chi connectivity index (χ2n) is 15.0. The molecule has 6 atom stereocenters. The predicted molar refractivity (Wildman–Crippen MR) is 193 cm³/mol. The summed E-state index contributed by atoms with van der Waals surface area (Å²) < 4.78 is 44.6. The number of unbranched alkanes of at least 4 members (excludes halogenated alkanes) is 5. The third kappa shape index (κ3) is 11.4. The molecule has 0 amide bonds. The zero-order valence-electron chi connectivity index (χ0n) is 31.8. The smallest absolute Gasteiger partial charge is 0.456 e. The highest BCUT2D eigenvalue weighted by Crippen LogP contribution is 2.38. The molecule has 9 nitrogen and oxygen atoms in total. The summed E-state index contributed by atoms with van der Waals surface area (Å²) in [7, 11) is -3.07. The van der Waals surface area contributed by atoms with Crippen molar-refractivity contribution in [3.63, 3.8) is 0 Å². The van der Waals surface area contributed by atoms with Gasteiger partial charge in [-0.2, -0.15) is 0 Å². The molecular weight excluding hydrogens is 641 g/mol. The fraction of sp³-hybridized carbons (Fsp3) is 0.641. The molecule has 1 N–H and O–H groups in total. The molecule has 10 heteroatoms. The van der Waals surface area contributed by atoms with Gasteiger partial charge in [-0.3, -0.25) is 4.79 Å². The van der Waals surface area contributed by atoms with E-state index < -0.39 is 62.7 Å². The number of esters is 1. The van der Waals surface area contributed by atoms with E-state index in [9.17, 15) is 14.7 Å². The van der Waals surface area contributed by atoms with Crippen molar-refractivity contribution in [2.75, 3.05) is 13.2 Å². The molecule has 0 spiro atoms. The van der Waals surface area contributed by atoms with Crippen LogP contribution in [-0.4, -0.2) is 75.1 Å². The Morgan fingerprint density at radius 2 is 1.45 bits per heavy atom. The zero-order valence-corrected chi connectivity index (χ0v) is 31.8. The van der Waals surface area contributed by atoms with Gasteiger partial charge in [0, 0.05) is 7.98 Å². The van der Waals surface area contributed by atoms with Crippen molar-refractivity contribution >= 4 is 30.8 Å². The van der Waals surface area contributed by atoms with E-state index in [0.717, 1.165) is 42.5 Å². The molecule has 0 bridgehead atoms. The molecule has 1 fully saturated rings. The summed E-state index contributed by atoms with van der Waals surface area (Å²) in [5, 5.41) is 13.6. The monoisotopic (exact) mass is 701 g/mol. The molecule has 0 saturated carbocycles. The molecule has 1 saturated heterocycles. The number of aliphatic hydroxyl groups is 1. The Morgan fingerprint density at radius 1 is 0.878 bits per heavy atom. The van der Waals surface area contributed by atoms with E-state index >= 15 is 0 Å². The molecule has 2 aromatic carbocycles. The minimum absolute atomic E-state index is 0.0619. The summed E-state index contributed by atoms with van der Waals surface area (Å²) in [5.74, 6) is -1.43. The average molecular weight is 702 g/mol. The summed E-state index contributed by atoms with van der Waals surface area (Å²) >= 11 is 0. The number of ether oxygens (including phenoxy) is 5. The maximum atomic E-state index is 13.1. The van der Waals surface area contributed by atoms with Gasteiger partial charge in [0.2, 0.25) is 0 Å². The van der Waals surface area contributed by atoms with Gasteiger partial charge in [-0.1, -0.05) is 134 Å². The van der Waals surface area contributed by atoms with Crippen molar-refractivity contribution < 1.29 is 44.2 Å². The fourth-order valence-electron chi connectivity index (χ4n) is 6.12. The van der Waals surface area contributed by atoms with Gasteiger partial charge >= 0.3 is 12.1 Å². The molecule has 0 aromatic heterocycles. The Labute approximate surface area is 296 Å². The van der Waals surface area contributed by atoms with Gasteiger partial charge in [0.05, 0.1) is 12.5 Å². The fourth-order valence-corrected chi connectivity index (χ4v) is 10.7. The van der Waals surface area contributed by atoms with Crippen LogP contribution >= 0.6 is 0 Å². The SMILES string of the molecule is [2H]CC(C)C(=O)O[C@H]1[C@H](O)[C@@H](OC(=O)OC(C)(C)C)C(OCCCCCCCC)O[C@@H]1CO[Si](c1ccccc1)(c1ccccc1)C(C)(C)C. The first kappa shape index (κ1) is 39.0. The van der Waals surface area contributed by atoms with E-state index in [1.165, 1.54) is 6.42 Å². The predicted octanol–water partition coefficient (Wildman–Crippen LogP) is 6.91. The van der Waals surface area contributed by atoms with Crippen LogP contribution in [-0.2, 0) is 32.9 Å². The van der Waals surface area contributed by atoms with Crippen molar-refractivity contribution in [3.05, 3.63) is 60.7 Å². The van der Waals surface area contributed by atoms with Crippen LogP contribution in [0.2, 0.25) is 5.04 Å². The van der Waals surface area contributed by atoms with Crippen LogP contribution < -0.4 is 10.4 Å². The molecule has 1 aliphatic heterocycles. The molecule has 1 aliphatic rings. The number of carbonyl (C=O) groups excluding carboxylic acids is 2. The lowest BCUT2D eigenvalue weighted by molar-refractivity contribution is -0.305. The number of benzene rings is 2. The molecule has 49 heavy (non-hydrogen) atoms. The van der Waals surface area contributed by atoms with Gasteiger partial charge in [0.15, 0.2) is 18.5 Å². The molecule has 2 aromatic rings. The lowest BCUT2D eigenvalue weighted by Gasteiger charge is -2.46. The third-order valence-corrected chi connectivity index (χ3v) is 13.6. The van der Waals surface area contributed by atoms with E-state index in [1.807, 2.05) is 36.4 Å². The summed E-state index contributed by atoms with van der Waals surface area (Å²) in [4.78, 5) is 26.1. The van der Waals surface area contributed by atoms with Crippen LogP contribution in [0, 0.1) is 5.92 Å². The van der Waals surface area contributed by atoms with E-state index in [1.54, 1.807) is 27.7 Å². The number of hydrogen-bond acceptors (Lipinski definition) is 9. The van der Waals surface area contributed by atoms with Gasteiger partial charge < -0.3 is 33.2 Å². The highest BCUT2D eigenvalue weighted by atomic mass is 28.4. The van der Waals surface area contributed by atoms with Crippen molar-refractivity contribution in [1.82, 2.24) is 0 Å². The van der Waals surface area contributed by atoms with Crippen LogP contribution in [0.1, 0.15) is 102 Å². The second kappa shape index (κ2) is 18.5. The first-order valence-electron chi connectivity index (χ1n) is 18.4. The van der Waals surface area contributed by atoms with E-state index in [0.29, 0.717) is 6.61 Å². The summed E-state index contributed by atoms with van der Waals surface area (Å²) in [6.45, 7) is 15.4. The standard InChI is InChI=1S/C39H60O9Si/c1-10-11-12-13-14-21-26-43-36-34(47-37(42)48-38(4,5)6)32(40)33(46-35(41)28(2)3)31(45-36)27-44-49(39(7,8)9,29-22-17-15-18-23-29)30-24-19-16-20-25-30/h15-20,22-25,28,31-34,36,40H,10-14,21,26-27H2,1-9H3/t31-,32+,33-,34-,36?/m1/s1/i2D/t28?,31-,32+,33-,34-,36?. The summed E-state index contributed by atoms with van der Waals surface area (Å²) in [5.41, 5.74) is -0.853. The Balaban J connectivity index is 2.01. The first-order chi connectivity index (χ1) is 23.6. The van der Waals surface area contributed by atoms with Crippen LogP contribution in [0.25, 0.3) is 0 Å². The number of hydrogen-bond donors (Lipinski definition) is 1. The largest absolute Gasteiger partial charge is 0.509 e. The minimum Gasteiger partial charge on any atom is -0.456 e. The Bertz CT molecular complexity index is 1260. The van der Waals surface area contributed by atoms with E-state index in [2.05, 4.69) is 52.0 Å². The number of rotatable bonds is 16. The molecule has 0 radical (unpaired) electrons. The number of carbonyl (C=O) groups is 2. The van der Waals surface area contributed by atoms with Crippen LogP contribution in [0.4, 0.5) is 4.79 Å². The molecule has 274 valence electrons. The van der Waals surface area contributed by atoms with Gasteiger partial charge in [-0.05, 0) is 42.6 Å². The maximum absolute atomic E-state index is 13.1. The number of aliphatic hydroxyl groups excluding tert-OH is 1.